The molecule has 0 saturated heterocycles. The van der Waals surface area contributed by atoms with Gasteiger partial charge in [0.1, 0.15) is 11.2 Å². The van der Waals surface area contributed by atoms with E-state index >= 15 is 0 Å². The van der Waals surface area contributed by atoms with Gasteiger partial charge < -0.3 is 4.55 Å². The zero-order valence-corrected chi connectivity index (χ0v) is 13.4. The van der Waals surface area contributed by atoms with Gasteiger partial charge in [0.25, 0.3) is 5.56 Å². The summed E-state index contributed by atoms with van der Waals surface area (Å²) in [7, 11) is 0. The van der Waals surface area contributed by atoms with Crippen LogP contribution in [0, 0.1) is 0 Å². The third-order valence-electron chi connectivity index (χ3n) is 3.68. The molecule has 0 saturated carbocycles. The maximum absolute atomic E-state index is 12.8. The van der Waals surface area contributed by atoms with E-state index in [2.05, 4.69) is 10.1 Å². The van der Waals surface area contributed by atoms with Crippen molar-refractivity contribution in [3.8, 4) is 5.82 Å². The zero-order valence-electron chi connectivity index (χ0n) is 12.6. The minimum Gasteiger partial charge on any atom is -0.301 e. The van der Waals surface area contributed by atoms with E-state index in [9.17, 15) is 26.7 Å². The molecule has 4 rings (SSSR count). The number of halogens is 3. The van der Waals surface area contributed by atoms with Crippen molar-refractivity contribution in [1.29, 1.82) is 0 Å². The molecule has 134 valence electrons. The standard InChI is InChI=1S/C14H8F3N5O3S/c15-14(16,17)9-7-8-12(23)21(5-6-22(8)19-9)11-13(26(24)25)20-4-2-1-3-10(20)18-11/h1-7H,(H,24,25). The fourth-order valence-corrected chi connectivity index (χ4v) is 3.20. The summed E-state index contributed by atoms with van der Waals surface area (Å²) in [6.45, 7) is 0. The van der Waals surface area contributed by atoms with Crippen LogP contribution in [0.5, 0.6) is 0 Å². The van der Waals surface area contributed by atoms with Crippen LogP contribution in [0.2, 0.25) is 0 Å². The Kier molecular flexibility index (Phi) is 3.49. The molecule has 0 radical (unpaired) electrons. The Morgan fingerprint density at radius 1 is 1.15 bits per heavy atom. The first kappa shape index (κ1) is 16.5. The van der Waals surface area contributed by atoms with E-state index < -0.39 is 28.5 Å². The molecule has 0 spiro atoms. The van der Waals surface area contributed by atoms with Gasteiger partial charge in [-0.2, -0.15) is 18.3 Å². The molecular weight excluding hydrogens is 375 g/mol. The smallest absolute Gasteiger partial charge is 0.301 e. The SMILES string of the molecule is O=c1c2cc(C(F)(F)F)nn2ccn1-c1nc2ccccn2c1S(=O)O. The number of imidazole rings is 1. The molecule has 0 amide bonds. The van der Waals surface area contributed by atoms with E-state index in [4.69, 9.17) is 0 Å². The second-order valence-corrected chi connectivity index (χ2v) is 6.13. The van der Waals surface area contributed by atoms with Crippen LogP contribution >= 0.6 is 0 Å². The van der Waals surface area contributed by atoms with E-state index in [0.29, 0.717) is 11.7 Å². The molecule has 1 N–H and O–H groups in total. The molecular formula is C14H8F3N5O3S. The average molecular weight is 383 g/mol. The van der Waals surface area contributed by atoms with Crippen molar-refractivity contribution in [2.45, 2.75) is 11.2 Å². The third-order valence-corrected chi connectivity index (χ3v) is 4.39. The minimum atomic E-state index is -4.70. The molecule has 4 heterocycles. The summed E-state index contributed by atoms with van der Waals surface area (Å²) in [5, 5.41) is 3.15. The number of rotatable bonds is 2. The van der Waals surface area contributed by atoms with Crippen LogP contribution in [-0.2, 0) is 17.3 Å². The number of nitrogens with zero attached hydrogens (tertiary/aromatic N) is 5. The number of hydrogen-bond donors (Lipinski definition) is 1. The van der Waals surface area contributed by atoms with Gasteiger partial charge in [0.05, 0.1) is 0 Å². The molecule has 0 aliphatic carbocycles. The van der Waals surface area contributed by atoms with Gasteiger partial charge in [-0.1, -0.05) is 6.07 Å². The number of hydrogen-bond acceptors (Lipinski definition) is 4. The van der Waals surface area contributed by atoms with E-state index in [1.165, 1.54) is 10.6 Å². The molecule has 0 aromatic carbocycles. The maximum Gasteiger partial charge on any atom is 0.435 e. The van der Waals surface area contributed by atoms with Crippen LogP contribution in [0.25, 0.3) is 17.0 Å². The van der Waals surface area contributed by atoms with E-state index in [0.717, 1.165) is 21.5 Å². The summed E-state index contributed by atoms with van der Waals surface area (Å²) in [4.78, 5) is 16.8. The topological polar surface area (TPSA) is 93.9 Å². The quantitative estimate of drug-likeness (QED) is 0.532. The molecule has 0 fully saturated rings. The molecule has 12 heteroatoms. The maximum atomic E-state index is 12.8. The molecule has 4 aromatic rings. The van der Waals surface area contributed by atoms with Gasteiger partial charge >= 0.3 is 6.18 Å². The second-order valence-electron chi connectivity index (χ2n) is 5.25. The van der Waals surface area contributed by atoms with Gasteiger partial charge in [0, 0.05) is 24.7 Å². The molecule has 1 unspecified atom stereocenters. The van der Waals surface area contributed by atoms with E-state index in [-0.39, 0.29) is 16.4 Å². The second kappa shape index (κ2) is 5.51. The van der Waals surface area contributed by atoms with Crippen molar-refractivity contribution in [3.63, 3.8) is 0 Å². The van der Waals surface area contributed by atoms with Gasteiger partial charge in [-0.15, -0.1) is 0 Å². The van der Waals surface area contributed by atoms with Crippen molar-refractivity contribution >= 4 is 22.2 Å². The highest BCUT2D eigenvalue weighted by Gasteiger charge is 2.34. The number of fused-ring (bicyclic) bond motifs is 2. The first-order chi connectivity index (χ1) is 12.3. The zero-order chi connectivity index (χ0) is 18.6. The summed E-state index contributed by atoms with van der Waals surface area (Å²) in [6.07, 6.45) is -0.940. The molecule has 0 aliphatic rings. The Balaban J connectivity index is 2.02. The highest BCUT2D eigenvalue weighted by molar-refractivity contribution is 7.79. The normalized spacial score (nSPS) is 13.5. The van der Waals surface area contributed by atoms with E-state index in [1.807, 2.05) is 0 Å². The highest BCUT2D eigenvalue weighted by Crippen LogP contribution is 2.28. The van der Waals surface area contributed by atoms with Crippen molar-refractivity contribution in [3.05, 3.63) is 58.9 Å². The monoisotopic (exact) mass is 383 g/mol. The Bertz CT molecular complexity index is 1240. The lowest BCUT2D eigenvalue weighted by molar-refractivity contribution is -0.141. The van der Waals surface area contributed by atoms with Crippen LogP contribution in [0.3, 0.4) is 0 Å². The summed E-state index contributed by atoms with van der Waals surface area (Å²) < 4.78 is 62.8. The molecule has 0 aliphatic heterocycles. The Morgan fingerprint density at radius 3 is 2.62 bits per heavy atom. The molecule has 26 heavy (non-hydrogen) atoms. The van der Waals surface area contributed by atoms with Crippen molar-refractivity contribution in [1.82, 2.24) is 23.6 Å². The lowest BCUT2D eigenvalue weighted by Crippen LogP contribution is -2.21. The van der Waals surface area contributed by atoms with Crippen molar-refractivity contribution in [2.24, 2.45) is 0 Å². The molecule has 0 bridgehead atoms. The summed E-state index contributed by atoms with van der Waals surface area (Å²) in [5.41, 5.74) is -2.11. The predicted molar refractivity (Wildman–Crippen MR) is 83.6 cm³/mol. The van der Waals surface area contributed by atoms with Crippen LogP contribution in [-0.4, -0.2) is 32.3 Å². The van der Waals surface area contributed by atoms with Crippen LogP contribution in [0.1, 0.15) is 5.69 Å². The largest absolute Gasteiger partial charge is 0.435 e. The first-order valence-electron chi connectivity index (χ1n) is 7.04. The van der Waals surface area contributed by atoms with Gasteiger partial charge in [-0.25, -0.2) is 13.7 Å². The fourth-order valence-electron chi connectivity index (χ4n) is 2.57. The summed E-state index contributed by atoms with van der Waals surface area (Å²) >= 11 is -2.50. The number of aromatic nitrogens is 5. The Labute approximate surface area is 144 Å². The summed E-state index contributed by atoms with van der Waals surface area (Å²) in [5.74, 6) is -0.153. The number of pyridine rings is 1. The fraction of sp³-hybridized carbons (Fsp3) is 0.0714. The lowest BCUT2D eigenvalue weighted by atomic mass is 10.4. The van der Waals surface area contributed by atoms with Crippen molar-refractivity contribution in [2.75, 3.05) is 0 Å². The lowest BCUT2D eigenvalue weighted by Gasteiger charge is -2.04. The van der Waals surface area contributed by atoms with Gasteiger partial charge in [0.2, 0.25) is 11.1 Å². The summed E-state index contributed by atoms with van der Waals surface area (Å²) in [6, 6.07) is 5.43. The van der Waals surface area contributed by atoms with Crippen LogP contribution in [0.15, 0.2) is 52.7 Å². The third kappa shape index (κ3) is 2.42. The first-order valence-corrected chi connectivity index (χ1v) is 8.14. The van der Waals surface area contributed by atoms with Crippen molar-refractivity contribution < 1.29 is 21.9 Å². The van der Waals surface area contributed by atoms with Gasteiger partial charge in [0.15, 0.2) is 16.5 Å². The average Bonchev–Trinajstić information content (AvgIpc) is 3.16. The highest BCUT2D eigenvalue weighted by atomic mass is 32.2. The van der Waals surface area contributed by atoms with Gasteiger partial charge in [-0.3, -0.25) is 13.8 Å². The predicted octanol–water partition coefficient (Wildman–Crippen LogP) is 1.73. The number of alkyl halides is 3. The Hall–Kier alpha value is -2.99. The van der Waals surface area contributed by atoms with Crippen LogP contribution < -0.4 is 5.56 Å². The minimum absolute atomic E-state index is 0.153. The Morgan fingerprint density at radius 2 is 1.92 bits per heavy atom. The van der Waals surface area contributed by atoms with Crippen LogP contribution in [0.4, 0.5) is 13.2 Å². The molecule has 1 atom stereocenters. The molecule has 8 nitrogen and oxygen atoms in total. The van der Waals surface area contributed by atoms with Gasteiger partial charge in [-0.05, 0) is 12.1 Å². The van der Waals surface area contributed by atoms with E-state index in [1.54, 1.807) is 18.2 Å². The molecule has 4 aromatic heterocycles.